The molecule has 0 aliphatic carbocycles. The molecule has 0 spiro atoms. The van der Waals surface area contributed by atoms with Crippen molar-refractivity contribution in [2.24, 2.45) is 0 Å². The number of hydrogen-bond acceptors (Lipinski definition) is 3. The Morgan fingerprint density at radius 1 is 1.06 bits per heavy atom. The molecular weight excluding hydrogens is 437 g/mol. The fourth-order valence-electron chi connectivity index (χ4n) is 3.59. The first-order valence-electron chi connectivity index (χ1n) is 9.39. The molecule has 3 aromatic rings. The summed E-state index contributed by atoms with van der Waals surface area (Å²) in [6.07, 6.45) is 1.53. The molecule has 0 radical (unpaired) electrons. The lowest BCUT2D eigenvalue weighted by molar-refractivity contribution is -0.122. The van der Waals surface area contributed by atoms with Gasteiger partial charge in [-0.3, -0.25) is 19.8 Å². The van der Waals surface area contributed by atoms with Gasteiger partial charge in [0.2, 0.25) is 0 Å². The van der Waals surface area contributed by atoms with Crippen LogP contribution in [0.25, 0.3) is 11.8 Å². The fourth-order valence-corrected chi connectivity index (χ4v) is 4.08. The fraction of sp³-hybridized carbons (Fsp3) is 0.0870. The van der Waals surface area contributed by atoms with Crippen molar-refractivity contribution < 1.29 is 14.0 Å². The molecule has 156 valence electrons. The molecule has 2 amide bonds. The highest BCUT2D eigenvalue weighted by atomic mass is 35.5. The molecule has 0 unspecified atom stereocenters. The van der Waals surface area contributed by atoms with Gasteiger partial charge in [-0.05, 0) is 80.2 Å². The van der Waals surface area contributed by atoms with Crippen LogP contribution in [0.1, 0.15) is 17.0 Å². The van der Waals surface area contributed by atoms with Gasteiger partial charge in [0.15, 0.2) is 5.11 Å². The summed E-state index contributed by atoms with van der Waals surface area (Å²) in [6, 6.07) is 14.7. The van der Waals surface area contributed by atoms with Gasteiger partial charge in [-0.15, -0.1) is 0 Å². The average molecular weight is 454 g/mol. The predicted octanol–water partition coefficient (Wildman–Crippen LogP) is 4.72. The van der Waals surface area contributed by atoms with Crippen LogP contribution < -0.4 is 10.2 Å². The van der Waals surface area contributed by atoms with Crippen LogP contribution in [0.5, 0.6) is 0 Å². The van der Waals surface area contributed by atoms with Crippen molar-refractivity contribution in [3.8, 4) is 5.69 Å². The molecule has 1 aliphatic heterocycles. The SMILES string of the molecule is Cc1cc(/C=C2\C(=O)NC(=S)N(c3ccccc3Cl)C2=O)c(C)n1-c1ccc(F)cc1. The van der Waals surface area contributed by atoms with Crippen LogP contribution >= 0.6 is 23.8 Å². The number of nitrogens with one attached hydrogen (secondary N) is 1. The number of benzene rings is 2. The first kappa shape index (κ1) is 21.0. The first-order valence-corrected chi connectivity index (χ1v) is 10.2. The van der Waals surface area contributed by atoms with Crippen molar-refractivity contribution in [3.63, 3.8) is 0 Å². The molecule has 2 heterocycles. The molecule has 0 atom stereocenters. The van der Waals surface area contributed by atoms with Crippen molar-refractivity contribution in [2.75, 3.05) is 4.90 Å². The van der Waals surface area contributed by atoms with Gasteiger partial charge in [0.25, 0.3) is 11.8 Å². The topological polar surface area (TPSA) is 54.3 Å². The number of carbonyl (C=O) groups excluding carboxylic acids is 2. The average Bonchev–Trinajstić information content (AvgIpc) is 3.00. The maximum Gasteiger partial charge on any atom is 0.270 e. The number of aryl methyl sites for hydroxylation is 1. The van der Waals surface area contributed by atoms with Crippen LogP contribution in [0.4, 0.5) is 10.1 Å². The first-order chi connectivity index (χ1) is 14.8. The van der Waals surface area contributed by atoms with Gasteiger partial charge in [-0.2, -0.15) is 0 Å². The van der Waals surface area contributed by atoms with Crippen molar-refractivity contribution in [3.05, 3.63) is 88.0 Å². The van der Waals surface area contributed by atoms with Crippen molar-refractivity contribution >= 4 is 52.5 Å². The van der Waals surface area contributed by atoms with E-state index in [-0.39, 0.29) is 16.5 Å². The largest absolute Gasteiger partial charge is 0.318 e. The number of anilines is 1. The zero-order valence-electron chi connectivity index (χ0n) is 16.6. The molecule has 1 saturated heterocycles. The second-order valence-corrected chi connectivity index (χ2v) is 7.84. The van der Waals surface area contributed by atoms with Gasteiger partial charge in [0, 0.05) is 17.1 Å². The Balaban J connectivity index is 1.77. The van der Waals surface area contributed by atoms with E-state index in [2.05, 4.69) is 5.32 Å². The number of aromatic nitrogens is 1. The monoisotopic (exact) mass is 453 g/mol. The Morgan fingerprint density at radius 3 is 2.42 bits per heavy atom. The molecule has 2 aromatic carbocycles. The Morgan fingerprint density at radius 2 is 1.74 bits per heavy atom. The summed E-state index contributed by atoms with van der Waals surface area (Å²) in [4.78, 5) is 27.0. The lowest BCUT2D eigenvalue weighted by Crippen LogP contribution is -2.54. The molecule has 31 heavy (non-hydrogen) atoms. The number of carbonyl (C=O) groups is 2. The Bertz CT molecular complexity index is 1260. The zero-order chi connectivity index (χ0) is 22.3. The Labute approximate surface area is 188 Å². The second-order valence-electron chi connectivity index (χ2n) is 7.05. The molecule has 1 fully saturated rings. The van der Waals surface area contributed by atoms with Gasteiger partial charge in [-0.1, -0.05) is 23.7 Å². The molecular formula is C23H17ClFN3O2S. The van der Waals surface area contributed by atoms with Gasteiger partial charge >= 0.3 is 0 Å². The third-order valence-electron chi connectivity index (χ3n) is 5.05. The molecule has 5 nitrogen and oxygen atoms in total. The molecule has 1 aliphatic rings. The maximum atomic E-state index is 13.3. The van der Waals surface area contributed by atoms with E-state index in [1.807, 2.05) is 24.5 Å². The van der Waals surface area contributed by atoms with Crippen LogP contribution in [0.15, 0.2) is 60.2 Å². The van der Waals surface area contributed by atoms with E-state index in [0.717, 1.165) is 17.1 Å². The van der Waals surface area contributed by atoms with E-state index in [1.54, 1.807) is 36.4 Å². The summed E-state index contributed by atoms with van der Waals surface area (Å²) >= 11 is 11.5. The number of hydrogen-bond donors (Lipinski definition) is 1. The Kier molecular flexibility index (Phi) is 5.47. The van der Waals surface area contributed by atoms with Gasteiger partial charge in [-0.25, -0.2) is 4.39 Å². The van der Waals surface area contributed by atoms with E-state index in [0.29, 0.717) is 16.3 Å². The van der Waals surface area contributed by atoms with Crippen LogP contribution in [0, 0.1) is 19.7 Å². The Hall–Kier alpha value is -3.29. The standard InChI is InChI=1S/C23H17ClFN3O2S/c1-13-11-15(14(2)27(13)17-9-7-16(25)8-10-17)12-18-21(29)26-23(31)28(22(18)30)20-6-4-3-5-19(20)24/h3-12H,1-2H3,(H,26,29,31)/b18-12+. The minimum absolute atomic E-state index is 0.0305. The highest BCUT2D eigenvalue weighted by molar-refractivity contribution is 7.80. The lowest BCUT2D eigenvalue weighted by atomic mass is 10.1. The summed E-state index contributed by atoms with van der Waals surface area (Å²) < 4.78 is 15.2. The van der Waals surface area contributed by atoms with E-state index >= 15 is 0 Å². The lowest BCUT2D eigenvalue weighted by Gasteiger charge is -2.29. The van der Waals surface area contributed by atoms with Gasteiger partial charge in [0.05, 0.1) is 10.7 Å². The number of para-hydroxylation sites is 1. The molecule has 0 bridgehead atoms. The number of thiocarbonyl (C=S) groups is 1. The summed E-state index contributed by atoms with van der Waals surface area (Å²) in [5.74, 6) is -1.47. The predicted molar refractivity (Wildman–Crippen MR) is 123 cm³/mol. The van der Waals surface area contributed by atoms with Crippen molar-refractivity contribution in [1.82, 2.24) is 9.88 Å². The van der Waals surface area contributed by atoms with E-state index in [1.165, 1.54) is 23.1 Å². The third kappa shape index (κ3) is 3.78. The molecule has 4 rings (SSSR count). The zero-order valence-corrected chi connectivity index (χ0v) is 18.2. The highest BCUT2D eigenvalue weighted by Crippen LogP contribution is 2.30. The number of nitrogens with zero attached hydrogens (tertiary/aromatic N) is 2. The minimum atomic E-state index is -0.579. The number of amides is 2. The maximum absolute atomic E-state index is 13.3. The van der Waals surface area contributed by atoms with Crippen LogP contribution in [0.3, 0.4) is 0 Å². The van der Waals surface area contributed by atoms with E-state index in [9.17, 15) is 14.0 Å². The number of rotatable bonds is 3. The molecule has 0 saturated carbocycles. The van der Waals surface area contributed by atoms with Gasteiger partial charge in [0.1, 0.15) is 11.4 Å². The smallest absolute Gasteiger partial charge is 0.270 e. The van der Waals surface area contributed by atoms with Crippen molar-refractivity contribution in [2.45, 2.75) is 13.8 Å². The van der Waals surface area contributed by atoms with Crippen LogP contribution in [0.2, 0.25) is 5.02 Å². The number of halogens is 2. The normalized spacial score (nSPS) is 15.5. The second kappa shape index (κ2) is 8.09. The summed E-state index contributed by atoms with van der Waals surface area (Å²) in [7, 11) is 0. The summed E-state index contributed by atoms with van der Waals surface area (Å²) in [5.41, 5.74) is 3.47. The van der Waals surface area contributed by atoms with Gasteiger partial charge < -0.3 is 4.57 Å². The minimum Gasteiger partial charge on any atom is -0.318 e. The highest BCUT2D eigenvalue weighted by Gasteiger charge is 2.35. The van der Waals surface area contributed by atoms with Crippen LogP contribution in [-0.2, 0) is 9.59 Å². The quantitative estimate of drug-likeness (QED) is 0.355. The summed E-state index contributed by atoms with van der Waals surface area (Å²) in [6.45, 7) is 3.76. The molecule has 1 N–H and O–H groups in total. The molecule has 8 heteroatoms. The van der Waals surface area contributed by atoms with E-state index < -0.39 is 11.8 Å². The summed E-state index contributed by atoms with van der Waals surface area (Å²) in [5, 5.41) is 2.86. The third-order valence-corrected chi connectivity index (χ3v) is 5.65. The molecule has 1 aromatic heterocycles. The van der Waals surface area contributed by atoms with Crippen molar-refractivity contribution in [1.29, 1.82) is 0 Å². The van der Waals surface area contributed by atoms with E-state index in [4.69, 9.17) is 23.8 Å². The van der Waals surface area contributed by atoms with Crippen LogP contribution in [-0.4, -0.2) is 21.5 Å².